The minimum Gasteiger partial charge on any atom is -0.462 e. The molecule has 0 saturated carbocycles. The van der Waals surface area contributed by atoms with Crippen molar-refractivity contribution in [3.8, 4) is 0 Å². The number of nitrogens with two attached hydrogens (primary N) is 1. The number of esters is 1. The fourth-order valence-corrected chi connectivity index (χ4v) is 3.32. The van der Waals surface area contributed by atoms with E-state index in [0.717, 1.165) is 0 Å². The molecule has 1 aliphatic rings. The van der Waals surface area contributed by atoms with Gasteiger partial charge in [-0.2, -0.15) is 0 Å². The number of carbonyl (C=O) groups is 3. The maximum absolute atomic E-state index is 12.8. The van der Waals surface area contributed by atoms with E-state index in [1.165, 1.54) is 6.07 Å². The first-order valence-electron chi connectivity index (χ1n) is 7.44. The van der Waals surface area contributed by atoms with Crippen LogP contribution in [-0.2, 0) is 4.74 Å². The van der Waals surface area contributed by atoms with Crippen molar-refractivity contribution in [2.24, 2.45) is 0 Å². The van der Waals surface area contributed by atoms with E-state index in [1.807, 2.05) is 6.92 Å². The number of hydrogen-bond donors (Lipinski definition) is 1. The van der Waals surface area contributed by atoms with Gasteiger partial charge < -0.3 is 10.5 Å². The quantitative estimate of drug-likeness (QED) is 0.549. The molecule has 0 unspecified atom stereocenters. The van der Waals surface area contributed by atoms with Gasteiger partial charge in [-0.1, -0.05) is 31.2 Å². The van der Waals surface area contributed by atoms with Gasteiger partial charge in [-0.3, -0.25) is 9.59 Å². The van der Waals surface area contributed by atoms with Crippen LogP contribution in [0.2, 0.25) is 0 Å². The summed E-state index contributed by atoms with van der Waals surface area (Å²) in [6.07, 6.45) is 0.669. The van der Waals surface area contributed by atoms with Crippen LogP contribution in [-0.4, -0.2) is 24.1 Å². The van der Waals surface area contributed by atoms with Crippen molar-refractivity contribution in [3.05, 3.63) is 62.6 Å². The molecule has 0 radical (unpaired) electrons. The molecule has 0 bridgehead atoms. The summed E-state index contributed by atoms with van der Waals surface area (Å²) in [6.45, 7) is 2.13. The molecule has 1 aliphatic carbocycles. The van der Waals surface area contributed by atoms with Crippen LogP contribution >= 0.6 is 15.9 Å². The van der Waals surface area contributed by atoms with Gasteiger partial charge in [0, 0.05) is 15.6 Å². The first-order chi connectivity index (χ1) is 11.5. The lowest BCUT2D eigenvalue weighted by molar-refractivity contribution is 0.0506. The minimum atomic E-state index is -0.614. The molecule has 24 heavy (non-hydrogen) atoms. The van der Waals surface area contributed by atoms with Crippen LogP contribution in [0.4, 0.5) is 5.69 Å². The number of halogens is 1. The number of nitrogen functional groups attached to an aromatic ring is 1. The summed E-state index contributed by atoms with van der Waals surface area (Å²) in [5.74, 6) is -1.28. The highest BCUT2D eigenvalue weighted by Crippen LogP contribution is 2.37. The summed E-state index contributed by atoms with van der Waals surface area (Å²) in [7, 11) is 0. The molecule has 0 amide bonds. The first kappa shape index (κ1) is 16.4. The summed E-state index contributed by atoms with van der Waals surface area (Å²) >= 11 is 3.29. The SMILES string of the molecule is CCCOC(=O)c1cc(Br)c2c(c1N)C(=O)c1ccccc1C2=O. The molecule has 3 rings (SSSR count). The predicted octanol–water partition coefficient (Wildman–Crippen LogP) is 3.37. The molecule has 6 heteroatoms. The van der Waals surface area contributed by atoms with Gasteiger partial charge in [0.05, 0.1) is 29.0 Å². The van der Waals surface area contributed by atoms with Gasteiger partial charge in [0.15, 0.2) is 11.6 Å². The lowest BCUT2D eigenvalue weighted by Crippen LogP contribution is -2.24. The van der Waals surface area contributed by atoms with Crippen molar-refractivity contribution in [2.45, 2.75) is 13.3 Å². The third-order valence-corrected chi connectivity index (χ3v) is 4.47. The fourth-order valence-electron chi connectivity index (χ4n) is 2.71. The van der Waals surface area contributed by atoms with Gasteiger partial charge in [-0.25, -0.2) is 4.79 Å². The molecule has 0 fully saturated rings. The van der Waals surface area contributed by atoms with Crippen LogP contribution in [0, 0.1) is 0 Å². The van der Waals surface area contributed by atoms with Gasteiger partial charge in [0.25, 0.3) is 0 Å². The fraction of sp³-hybridized carbons (Fsp3) is 0.167. The van der Waals surface area contributed by atoms with E-state index in [4.69, 9.17) is 10.5 Å². The van der Waals surface area contributed by atoms with Crippen LogP contribution in [0.5, 0.6) is 0 Å². The van der Waals surface area contributed by atoms with E-state index in [1.54, 1.807) is 24.3 Å². The second-order valence-electron chi connectivity index (χ2n) is 5.41. The lowest BCUT2D eigenvalue weighted by atomic mass is 9.82. The van der Waals surface area contributed by atoms with Crippen molar-refractivity contribution in [2.75, 3.05) is 12.3 Å². The molecule has 0 aliphatic heterocycles. The smallest absolute Gasteiger partial charge is 0.340 e. The Morgan fingerprint density at radius 2 is 1.71 bits per heavy atom. The topological polar surface area (TPSA) is 86.5 Å². The summed E-state index contributed by atoms with van der Waals surface area (Å²) in [4.78, 5) is 37.7. The summed E-state index contributed by atoms with van der Waals surface area (Å²) in [6, 6.07) is 7.99. The lowest BCUT2D eigenvalue weighted by Gasteiger charge is -2.21. The van der Waals surface area contributed by atoms with Crippen molar-refractivity contribution in [1.29, 1.82) is 0 Å². The molecule has 2 N–H and O–H groups in total. The highest BCUT2D eigenvalue weighted by molar-refractivity contribution is 9.10. The number of fused-ring (bicyclic) bond motifs is 2. The second-order valence-corrected chi connectivity index (χ2v) is 6.26. The summed E-state index contributed by atoms with van der Waals surface area (Å²) in [5, 5.41) is 0. The Hall–Kier alpha value is -2.47. The largest absolute Gasteiger partial charge is 0.462 e. The Balaban J connectivity index is 2.21. The Labute approximate surface area is 146 Å². The maximum Gasteiger partial charge on any atom is 0.340 e. The van der Waals surface area contributed by atoms with Crippen molar-refractivity contribution in [3.63, 3.8) is 0 Å². The molecule has 0 atom stereocenters. The molecule has 0 spiro atoms. The van der Waals surface area contributed by atoms with E-state index >= 15 is 0 Å². The van der Waals surface area contributed by atoms with Gasteiger partial charge in [0.2, 0.25) is 0 Å². The number of rotatable bonds is 3. The Morgan fingerprint density at radius 1 is 1.12 bits per heavy atom. The van der Waals surface area contributed by atoms with E-state index in [2.05, 4.69) is 15.9 Å². The summed E-state index contributed by atoms with van der Waals surface area (Å²) < 4.78 is 5.45. The number of benzene rings is 2. The zero-order valence-electron chi connectivity index (χ0n) is 12.9. The Kier molecular flexibility index (Phi) is 4.24. The number of hydrogen-bond acceptors (Lipinski definition) is 5. The van der Waals surface area contributed by atoms with Crippen LogP contribution in [0.1, 0.15) is 55.5 Å². The first-order valence-corrected chi connectivity index (χ1v) is 8.24. The summed E-state index contributed by atoms with van der Waals surface area (Å²) in [5.41, 5.74) is 6.96. The number of anilines is 1. The zero-order chi connectivity index (χ0) is 17.4. The monoisotopic (exact) mass is 387 g/mol. The normalized spacial score (nSPS) is 12.6. The van der Waals surface area contributed by atoms with Crippen LogP contribution < -0.4 is 5.73 Å². The number of ketones is 2. The van der Waals surface area contributed by atoms with Gasteiger partial charge >= 0.3 is 5.97 Å². The molecule has 5 nitrogen and oxygen atoms in total. The van der Waals surface area contributed by atoms with Crippen LogP contribution in [0.25, 0.3) is 0 Å². The molecular weight excluding hydrogens is 374 g/mol. The molecular formula is C18H14BrNO4. The number of carbonyl (C=O) groups excluding carboxylic acids is 3. The van der Waals surface area contributed by atoms with Gasteiger partial charge in [-0.15, -0.1) is 0 Å². The van der Waals surface area contributed by atoms with Crippen LogP contribution in [0.3, 0.4) is 0 Å². The third-order valence-electron chi connectivity index (χ3n) is 3.85. The van der Waals surface area contributed by atoms with E-state index in [-0.39, 0.29) is 46.1 Å². The van der Waals surface area contributed by atoms with Crippen molar-refractivity contribution >= 4 is 39.2 Å². The average molecular weight is 388 g/mol. The predicted molar refractivity (Wildman–Crippen MR) is 92.4 cm³/mol. The Bertz CT molecular complexity index is 889. The minimum absolute atomic E-state index is 0.0258. The molecule has 2 aromatic rings. The van der Waals surface area contributed by atoms with E-state index < -0.39 is 5.97 Å². The van der Waals surface area contributed by atoms with E-state index in [9.17, 15) is 14.4 Å². The molecule has 2 aromatic carbocycles. The van der Waals surface area contributed by atoms with Crippen molar-refractivity contribution < 1.29 is 19.1 Å². The third kappa shape index (κ3) is 2.43. The Morgan fingerprint density at radius 3 is 2.29 bits per heavy atom. The molecule has 122 valence electrons. The van der Waals surface area contributed by atoms with E-state index in [0.29, 0.717) is 16.5 Å². The highest BCUT2D eigenvalue weighted by atomic mass is 79.9. The maximum atomic E-state index is 12.8. The van der Waals surface area contributed by atoms with Gasteiger partial charge in [-0.05, 0) is 28.4 Å². The zero-order valence-corrected chi connectivity index (χ0v) is 14.5. The average Bonchev–Trinajstić information content (AvgIpc) is 2.59. The van der Waals surface area contributed by atoms with Crippen molar-refractivity contribution in [1.82, 2.24) is 0 Å². The molecule has 0 heterocycles. The molecule has 0 saturated heterocycles. The van der Waals surface area contributed by atoms with Crippen LogP contribution in [0.15, 0.2) is 34.8 Å². The molecule has 0 aromatic heterocycles. The van der Waals surface area contributed by atoms with Gasteiger partial charge in [0.1, 0.15) is 0 Å². The number of ether oxygens (including phenoxy) is 1. The standard InChI is InChI=1S/C18H14BrNO4/c1-2-7-24-18(23)11-8-12(19)13-14(15(11)20)17(22)10-6-4-3-5-9(10)16(13)21/h3-6,8H,2,7,20H2,1H3. The second kappa shape index (κ2) is 6.20. The highest BCUT2D eigenvalue weighted by Gasteiger charge is 2.35.